The number of aryl methyl sites for hydroxylation is 6. The van der Waals surface area contributed by atoms with Crippen LogP contribution in [0.25, 0.3) is 11.0 Å². The number of aliphatic hydroxyl groups is 6. The number of benzene rings is 4. The van der Waals surface area contributed by atoms with Crippen LogP contribution in [0.15, 0.2) is 149 Å². The molecule has 0 amide bonds. The van der Waals surface area contributed by atoms with Gasteiger partial charge in [0.15, 0.2) is 40.0 Å². The highest BCUT2D eigenvalue weighted by molar-refractivity contribution is 5.81. The molecule has 2 aliphatic rings. The lowest BCUT2D eigenvalue weighted by molar-refractivity contribution is -0.126. The molecule has 7 aromatic rings. The lowest BCUT2D eigenvalue weighted by atomic mass is 9.86. The highest BCUT2D eigenvalue weighted by Crippen LogP contribution is 2.45. The van der Waals surface area contributed by atoms with Crippen LogP contribution < -0.4 is 25.8 Å². The molecule has 0 fully saturated rings. The molecule has 8 atom stereocenters. The van der Waals surface area contributed by atoms with Gasteiger partial charge in [-0.3, -0.25) is 14.4 Å². The first-order valence-corrected chi connectivity index (χ1v) is 21.4. The first-order valence-electron chi connectivity index (χ1n) is 21.4. The first-order chi connectivity index (χ1) is 31.4. The summed E-state index contributed by atoms with van der Waals surface area (Å²) < 4.78 is 31.0. The Morgan fingerprint density at radius 1 is 0.415 bits per heavy atom. The number of fused-ring (bicyclic) bond motifs is 3. The van der Waals surface area contributed by atoms with Gasteiger partial charge in [0.05, 0.1) is 16.5 Å². The summed E-state index contributed by atoms with van der Waals surface area (Å²) in [6.07, 6.45) is -12.4. The van der Waals surface area contributed by atoms with Crippen molar-refractivity contribution < 1.29 is 53.4 Å². The second kappa shape index (κ2) is 18.4. The van der Waals surface area contributed by atoms with Crippen molar-refractivity contribution in [2.24, 2.45) is 0 Å². The van der Waals surface area contributed by atoms with Gasteiger partial charge in [-0.15, -0.1) is 0 Å². The van der Waals surface area contributed by atoms with Crippen LogP contribution in [0, 0.1) is 0 Å². The smallest absolute Gasteiger partial charge is 0.193 e. The predicted octanol–water partition coefficient (Wildman–Crippen LogP) is 4.83. The number of hydrogen-bond donors (Lipinski definition) is 6. The van der Waals surface area contributed by atoms with Crippen molar-refractivity contribution in [2.45, 2.75) is 87.4 Å². The number of ether oxygens (including phenoxy) is 2. The van der Waals surface area contributed by atoms with E-state index in [-0.39, 0.29) is 69.5 Å². The first kappa shape index (κ1) is 43.6. The van der Waals surface area contributed by atoms with Gasteiger partial charge in [-0.25, -0.2) is 0 Å². The zero-order valence-corrected chi connectivity index (χ0v) is 34.9. The van der Waals surface area contributed by atoms with Crippen molar-refractivity contribution >= 4 is 11.0 Å². The van der Waals surface area contributed by atoms with Crippen molar-refractivity contribution in [2.75, 3.05) is 0 Å². The van der Waals surface area contributed by atoms with Crippen molar-refractivity contribution in [1.82, 2.24) is 0 Å². The molecule has 0 radical (unpaired) electrons. The summed E-state index contributed by atoms with van der Waals surface area (Å²) in [5.41, 5.74) is 0.502. The average molecular weight is 883 g/mol. The van der Waals surface area contributed by atoms with Gasteiger partial charge in [-0.1, -0.05) is 91.0 Å². The maximum atomic E-state index is 14.0. The summed E-state index contributed by atoms with van der Waals surface area (Å²) in [7, 11) is 0. The second-order valence-corrected chi connectivity index (χ2v) is 16.5. The van der Waals surface area contributed by atoms with Gasteiger partial charge < -0.3 is 53.4 Å². The van der Waals surface area contributed by atoms with Crippen LogP contribution >= 0.6 is 0 Å². The molecule has 0 bridgehead atoms. The lowest BCUT2D eigenvalue weighted by Gasteiger charge is -2.37. The molecule has 14 nitrogen and oxygen atoms in total. The minimum atomic E-state index is -1.93. The molecule has 3 aromatic heterocycles. The van der Waals surface area contributed by atoms with Gasteiger partial charge >= 0.3 is 0 Å². The molecule has 6 N–H and O–H groups in total. The van der Waals surface area contributed by atoms with Gasteiger partial charge in [0, 0.05) is 43.5 Å². The molecule has 0 spiro atoms. The third kappa shape index (κ3) is 8.92. The summed E-state index contributed by atoms with van der Waals surface area (Å²) in [5, 5.41) is 67.5. The number of rotatable bonds is 13. The average Bonchev–Trinajstić information content (AvgIpc) is 3.32. The topological polar surface area (TPSA) is 230 Å². The summed E-state index contributed by atoms with van der Waals surface area (Å²) in [6, 6.07) is 34.7. The fourth-order valence-electron chi connectivity index (χ4n) is 8.56. The van der Waals surface area contributed by atoms with Crippen LogP contribution in [0.2, 0.25) is 0 Å². The van der Waals surface area contributed by atoms with Gasteiger partial charge in [-0.2, -0.15) is 0 Å². The van der Waals surface area contributed by atoms with Crippen LogP contribution in [-0.4, -0.2) is 55.1 Å². The Bertz CT molecular complexity index is 2980. The van der Waals surface area contributed by atoms with E-state index < -0.39 is 65.1 Å². The molecule has 4 unspecified atom stereocenters. The van der Waals surface area contributed by atoms with E-state index in [0.29, 0.717) is 31.4 Å². The predicted molar refractivity (Wildman–Crippen MR) is 235 cm³/mol. The number of aliphatic hydroxyl groups excluding tert-OH is 6. The minimum Gasteiger partial charge on any atom is -0.479 e. The summed E-state index contributed by atoms with van der Waals surface area (Å²) in [5.74, 6) is -0.532. The van der Waals surface area contributed by atoms with Gasteiger partial charge in [0.1, 0.15) is 71.0 Å². The Morgan fingerprint density at radius 2 is 0.785 bits per heavy atom. The highest BCUT2D eigenvalue weighted by atomic mass is 16.6. The monoisotopic (exact) mass is 882 g/mol. The van der Waals surface area contributed by atoms with E-state index in [1.165, 1.54) is 30.3 Å². The standard InChI is InChI=1S/C51H46O14/c52-34-22-30(19-16-27-10-4-1-5-11-27)61-37-26-39(65-51-41-36(54)24-32(21-18-29-14-8-3-9-15-29)63-49(41)45(58)43(56)47(51)60)38(25-33(34)37)64-50-40-35(53)23-31(20-17-28-12-6-2-7-13-28)62-48(40)44(57)42(55)46(50)59/h1-15,22-26,42-47,50-51,55-60H,16-21H2/t42-,43?,44?,45-,46-,47+,50?,51?/m0/s1. The Hall–Kier alpha value is -6.65. The summed E-state index contributed by atoms with van der Waals surface area (Å²) >= 11 is 0. The fourth-order valence-corrected chi connectivity index (χ4v) is 8.56. The molecule has 3 heterocycles. The third-order valence-electron chi connectivity index (χ3n) is 12.1. The molecular formula is C51H46O14. The van der Waals surface area contributed by atoms with Crippen LogP contribution in [0.4, 0.5) is 0 Å². The van der Waals surface area contributed by atoms with E-state index in [0.717, 1.165) is 16.7 Å². The Labute approximate surface area is 370 Å². The molecule has 0 saturated carbocycles. The maximum absolute atomic E-state index is 14.0. The van der Waals surface area contributed by atoms with Crippen molar-refractivity contribution in [3.05, 3.63) is 209 Å². The van der Waals surface area contributed by atoms with Crippen molar-refractivity contribution in [3.8, 4) is 11.5 Å². The van der Waals surface area contributed by atoms with Gasteiger partial charge in [0.25, 0.3) is 0 Å². The Balaban J connectivity index is 1.12. The molecule has 9 rings (SSSR count). The highest BCUT2D eigenvalue weighted by Gasteiger charge is 2.48. The van der Waals surface area contributed by atoms with Gasteiger partial charge in [-0.05, 0) is 42.0 Å². The quantitative estimate of drug-likeness (QED) is 0.0912. The molecule has 0 saturated heterocycles. The van der Waals surface area contributed by atoms with Crippen LogP contribution in [0.3, 0.4) is 0 Å². The van der Waals surface area contributed by atoms with E-state index in [4.69, 9.17) is 22.7 Å². The zero-order chi connectivity index (χ0) is 45.4. The summed E-state index contributed by atoms with van der Waals surface area (Å²) in [4.78, 5) is 41.7. The molecule has 14 heteroatoms. The van der Waals surface area contributed by atoms with Crippen LogP contribution in [-0.2, 0) is 38.5 Å². The SMILES string of the molecule is O=c1cc(CCc2ccccc2)oc2c1C(Oc1cc3oc(CCc4ccccc4)cc(=O)c3cc1OC1c3c(oc(CCc4ccccc4)cc3=O)C(O)[C@H](O)[C@@H]1O)[C@H](O)C(O)[C@@H]2O. The van der Waals surface area contributed by atoms with E-state index >= 15 is 0 Å². The molecule has 0 aliphatic heterocycles. The third-order valence-corrected chi connectivity index (χ3v) is 12.1. The molecule has 65 heavy (non-hydrogen) atoms. The second-order valence-electron chi connectivity index (χ2n) is 16.5. The maximum Gasteiger partial charge on any atom is 0.193 e. The fraction of sp³-hybridized carbons (Fsp3) is 0.275. The van der Waals surface area contributed by atoms with Crippen LogP contribution in [0.1, 0.15) is 81.0 Å². The molecular weight excluding hydrogens is 837 g/mol. The Kier molecular flexibility index (Phi) is 12.4. The van der Waals surface area contributed by atoms with Crippen molar-refractivity contribution in [1.29, 1.82) is 0 Å². The molecule has 334 valence electrons. The van der Waals surface area contributed by atoms with Crippen LogP contribution in [0.5, 0.6) is 11.5 Å². The van der Waals surface area contributed by atoms with E-state index in [9.17, 15) is 45.0 Å². The number of hydrogen-bond acceptors (Lipinski definition) is 14. The molecule has 4 aromatic carbocycles. The van der Waals surface area contributed by atoms with E-state index in [2.05, 4.69) is 0 Å². The summed E-state index contributed by atoms with van der Waals surface area (Å²) in [6.45, 7) is 0. The normalized spacial score (nSPS) is 22.6. The molecule has 2 aliphatic carbocycles. The van der Waals surface area contributed by atoms with E-state index in [1.54, 1.807) is 0 Å². The Morgan fingerprint density at radius 3 is 1.20 bits per heavy atom. The van der Waals surface area contributed by atoms with E-state index in [1.807, 2.05) is 91.0 Å². The van der Waals surface area contributed by atoms with Crippen molar-refractivity contribution in [3.63, 3.8) is 0 Å². The lowest BCUT2D eigenvalue weighted by Crippen LogP contribution is -2.46. The minimum absolute atomic E-state index is 0.0000617. The zero-order valence-electron chi connectivity index (χ0n) is 34.9. The van der Waals surface area contributed by atoms with Gasteiger partial charge in [0.2, 0.25) is 0 Å². The largest absolute Gasteiger partial charge is 0.479 e.